The predicted octanol–water partition coefficient (Wildman–Crippen LogP) is 1.50. The number of hydrogen-bond acceptors (Lipinski definition) is 6. The fourth-order valence-electron chi connectivity index (χ4n) is 2.56. The molecule has 0 saturated carbocycles. The normalized spacial score (nSPS) is 14.2. The van der Waals surface area contributed by atoms with Gasteiger partial charge < -0.3 is 9.30 Å². The van der Waals surface area contributed by atoms with Gasteiger partial charge in [-0.05, 0) is 27.7 Å². The lowest BCUT2D eigenvalue weighted by Gasteiger charge is -2.24. The lowest BCUT2D eigenvalue weighted by Crippen LogP contribution is -2.33. The fourth-order valence-corrected chi connectivity index (χ4v) is 2.56. The van der Waals surface area contributed by atoms with Crippen LogP contribution in [0.2, 0.25) is 0 Å². The molecule has 0 spiro atoms. The summed E-state index contributed by atoms with van der Waals surface area (Å²) in [4.78, 5) is 31.9. The Morgan fingerprint density at radius 2 is 2.13 bits per heavy atom. The first-order chi connectivity index (χ1) is 10.8. The van der Waals surface area contributed by atoms with E-state index in [9.17, 15) is 9.59 Å². The van der Waals surface area contributed by atoms with Crippen molar-refractivity contribution in [1.29, 1.82) is 0 Å². The van der Waals surface area contributed by atoms with Crippen LogP contribution in [0.1, 0.15) is 39.1 Å². The second-order valence-corrected chi connectivity index (χ2v) is 6.35. The number of nitrogens with one attached hydrogen (secondary N) is 1. The number of ether oxygens (including phenoxy) is 1. The van der Waals surface area contributed by atoms with E-state index in [1.54, 1.807) is 4.90 Å². The molecule has 0 bridgehead atoms. The molecule has 1 N–H and O–H groups in total. The van der Waals surface area contributed by atoms with E-state index >= 15 is 0 Å². The van der Waals surface area contributed by atoms with Gasteiger partial charge in [-0.15, -0.1) is 0 Å². The molecule has 0 aliphatic carbocycles. The average Bonchev–Trinajstić information content (AvgIpc) is 3.08. The van der Waals surface area contributed by atoms with Gasteiger partial charge in [0.2, 0.25) is 5.82 Å². The van der Waals surface area contributed by atoms with Crippen molar-refractivity contribution >= 4 is 6.09 Å². The van der Waals surface area contributed by atoms with Gasteiger partial charge in [0.15, 0.2) is 5.82 Å². The number of rotatable bonds is 2. The van der Waals surface area contributed by atoms with Crippen molar-refractivity contribution in [3.8, 4) is 11.6 Å². The summed E-state index contributed by atoms with van der Waals surface area (Å²) in [6, 6.07) is 0. The molecule has 0 saturated heterocycles. The number of amides is 1. The van der Waals surface area contributed by atoms with Gasteiger partial charge in [0.1, 0.15) is 5.60 Å². The maximum absolute atomic E-state index is 12.2. The topological polar surface area (TPSA) is 106 Å². The molecule has 9 nitrogen and oxygen atoms in total. The van der Waals surface area contributed by atoms with Gasteiger partial charge in [-0.25, -0.2) is 14.6 Å². The fraction of sp³-hybridized carbons (Fsp3) is 0.571. The quantitative estimate of drug-likeness (QED) is 0.898. The van der Waals surface area contributed by atoms with Crippen molar-refractivity contribution in [1.82, 2.24) is 24.6 Å². The van der Waals surface area contributed by atoms with E-state index in [4.69, 9.17) is 4.74 Å². The van der Waals surface area contributed by atoms with Gasteiger partial charge in [0.05, 0.1) is 24.5 Å². The Bertz CT molecular complexity index is 795. The van der Waals surface area contributed by atoms with E-state index in [2.05, 4.69) is 19.6 Å². The summed E-state index contributed by atoms with van der Waals surface area (Å²) >= 11 is 0. The first-order valence-corrected chi connectivity index (χ1v) is 7.41. The monoisotopic (exact) mass is 321 g/mol. The summed E-state index contributed by atoms with van der Waals surface area (Å²) in [5.74, 6) is 0.198. The van der Waals surface area contributed by atoms with Crippen LogP contribution < -0.4 is 5.76 Å². The molecule has 2 aromatic heterocycles. The number of nitrogens with zero attached hydrogens (tertiary/aromatic N) is 4. The van der Waals surface area contributed by atoms with Crippen molar-refractivity contribution in [2.45, 2.75) is 52.9 Å². The molecular formula is C14H19N5O4. The van der Waals surface area contributed by atoms with E-state index < -0.39 is 11.4 Å². The summed E-state index contributed by atoms with van der Waals surface area (Å²) in [6.07, 6.45) is -0.366. The molecule has 1 aliphatic rings. The van der Waals surface area contributed by atoms with Crippen LogP contribution in [-0.2, 0) is 24.4 Å². The van der Waals surface area contributed by atoms with Gasteiger partial charge in [-0.2, -0.15) is 0 Å². The molecule has 1 amide bonds. The van der Waals surface area contributed by atoms with Crippen molar-refractivity contribution in [3.63, 3.8) is 0 Å². The zero-order chi connectivity index (χ0) is 16.8. The highest BCUT2D eigenvalue weighted by molar-refractivity contribution is 5.69. The Morgan fingerprint density at radius 1 is 1.39 bits per heavy atom. The summed E-state index contributed by atoms with van der Waals surface area (Å²) in [7, 11) is 0. The van der Waals surface area contributed by atoms with Crippen molar-refractivity contribution in [2.75, 3.05) is 0 Å². The summed E-state index contributed by atoms with van der Waals surface area (Å²) in [5, 5.41) is 3.68. The third-order valence-electron chi connectivity index (χ3n) is 3.46. The van der Waals surface area contributed by atoms with Gasteiger partial charge in [0, 0.05) is 6.54 Å². The number of H-pyrrole nitrogens is 1. The van der Waals surface area contributed by atoms with Crippen LogP contribution >= 0.6 is 0 Å². The highest BCUT2D eigenvalue weighted by Crippen LogP contribution is 2.28. The van der Waals surface area contributed by atoms with Crippen molar-refractivity contribution in [2.24, 2.45) is 0 Å². The van der Waals surface area contributed by atoms with Crippen LogP contribution in [0.4, 0.5) is 4.79 Å². The van der Waals surface area contributed by atoms with Crippen molar-refractivity contribution < 1.29 is 14.1 Å². The van der Waals surface area contributed by atoms with E-state index in [0.717, 1.165) is 11.4 Å². The minimum Gasteiger partial charge on any atom is -0.444 e. The molecule has 1 aliphatic heterocycles. The molecule has 124 valence electrons. The minimum absolute atomic E-state index is 0.287. The summed E-state index contributed by atoms with van der Waals surface area (Å²) in [5.41, 5.74) is 1.15. The van der Waals surface area contributed by atoms with Gasteiger partial charge in [0.25, 0.3) is 0 Å². The van der Waals surface area contributed by atoms with E-state index in [1.165, 1.54) is 0 Å². The van der Waals surface area contributed by atoms with Crippen LogP contribution in [-0.4, -0.2) is 36.3 Å². The largest absolute Gasteiger partial charge is 0.444 e. The van der Waals surface area contributed by atoms with Crippen LogP contribution in [0, 0.1) is 0 Å². The summed E-state index contributed by atoms with van der Waals surface area (Å²) < 4.78 is 11.8. The first-order valence-electron chi connectivity index (χ1n) is 7.41. The smallest absolute Gasteiger partial charge is 0.439 e. The van der Waals surface area contributed by atoms with Crippen molar-refractivity contribution in [3.05, 3.63) is 21.9 Å². The number of carbonyl (C=O) groups is 1. The molecular weight excluding hydrogens is 302 g/mol. The standard InChI is InChI=1S/C14H19N5O4/c1-5-19-9-7-18(13(21)22-14(2,3)4)6-8(9)15-11(19)10-16-12(20)23-17-10/h5-7H2,1-4H3,(H,16,17,20). The number of aromatic amines is 1. The molecule has 0 aromatic carbocycles. The molecule has 0 radical (unpaired) electrons. The lowest BCUT2D eigenvalue weighted by atomic mass is 10.2. The number of fused-ring (bicyclic) bond motifs is 1. The van der Waals surface area contributed by atoms with Gasteiger partial charge in [-0.3, -0.25) is 14.4 Å². The minimum atomic E-state index is -0.624. The molecule has 3 rings (SSSR count). The van der Waals surface area contributed by atoms with Crippen LogP contribution in [0.3, 0.4) is 0 Å². The van der Waals surface area contributed by atoms with Gasteiger partial charge in [-0.1, -0.05) is 5.16 Å². The Balaban J connectivity index is 1.86. The molecule has 0 fully saturated rings. The Kier molecular flexibility index (Phi) is 3.50. The number of carbonyl (C=O) groups excluding carboxylic acids is 1. The zero-order valence-electron chi connectivity index (χ0n) is 13.5. The predicted molar refractivity (Wildman–Crippen MR) is 79.5 cm³/mol. The Morgan fingerprint density at radius 3 is 2.70 bits per heavy atom. The Hall–Kier alpha value is -2.58. The maximum Gasteiger partial charge on any atom is 0.439 e. The second kappa shape index (κ2) is 5.25. The molecule has 2 aromatic rings. The highest BCUT2D eigenvalue weighted by atomic mass is 16.6. The van der Waals surface area contributed by atoms with E-state index in [0.29, 0.717) is 25.5 Å². The van der Waals surface area contributed by atoms with Gasteiger partial charge >= 0.3 is 11.8 Å². The maximum atomic E-state index is 12.2. The molecule has 23 heavy (non-hydrogen) atoms. The van der Waals surface area contributed by atoms with E-state index in [-0.39, 0.29) is 11.9 Å². The van der Waals surface area contributed by atoms with Crippen LogP contribution in [0.25, 0.3) is 11.6 Å². The lowest BCUT2D eigenvalue weighted by molar-refractivity contribution is 0.0237. The van der Waals surface area contributed by atoms with Crippen LogP contribution in [0.5, 0.6) is 0 Å². The average molecular weight is 321 g/mol. The van der Waals surface area contributed by atoms with E-state index in [1.807, 2.05) is 32.3 Å². The molecule has 3 heterocycles. The summed E-state index contributed by atoms with van der Waals surface area (Å²) in [6.45, 7) is 8.86. The molecule has 0 atom stereocenters. The third-order valence-corrected chi connectivity index (χ3v) is 3.46. The molecule has 0 unspecified atom stereocenters. The highest BCUT2D eigenvalue weighted by Gasteiger charge is 2.33. The zero-order valence-corrected chi connectivity index (χ0v) is 13.5. The second-order valence-electron chi connectivity index (χ2n) is 6.35. The molecule has 9 heteroatoms. The van der Waals surface area contributed by atoms with Crippen LogP contribution in [0.15, 0.2) is 9.32 Å². The SMILES string of the molecule is CCn1c(-c2noc(=O)[nH]2)nc2c1CN(C(=O)OC(C)(C)C)C2. The first kappa shape index (κ1) is 15.3. The number of imidazole rings is 1. The Labute approximate surface area is 132 Å². The third kappa shape index (κ3) is 2.86. The number of aromatic nitrogens is 4. The number of hydrogen-bond donors (Lipinski definition) is 1.